The third-order valence-corrected chi connectivity index (χ3v) is 4.04. The lowest BCUT2D eigenvalue weighted by Gasteiger charge is -2.21. The number of aryl methyl sites for hydroxylation is 1. The lowest BCUT2D eigenvalue weighted by atomic mass is 10.3. The molecule has 1 heterocycles. The highest BCUT2D eigenvalue weighted by Gasteiger charge is 2.16. The summed E-state index contributed by atoms with van der Waals surface area (Å²) in [5, 5.41) is 0.885. The highest BCUT2D eigenvalue weighted by molar-refractivity contribution is 7.17. The minimum Gasteiger partial charge on any atom is -0.385 e. The molecule has 1 rings (SSSR count). The average molecular weight is 286 g/mol. The van der Waals surface area contributed by atoms with Crippen molar-refractivity contribution < 1.29 is 14.3 Å². The first kappa shape index (κ1) is 16.1. The van der Waals surface area contributed by atoms with Crippen LogP contribution >= 0.6 is 11.3 Å². The number of rotatable bonds is 9. The van der Waals surface area contributed by atoms with E-state index in [1.807, 2.05) is 6.92 Å². The molecule has 108 valence electrons. The van der Waals surface area contributed by atoms with Crippen molar-refractivity contribution in [3.8, 4) is 0 Å². The smallest absolute Gasteiger partial charge is 0.186 e. The molecule has 0 aliphatic carbocycles. The summed E-state index contributed by atoms with van der Waals surface area (Å²) in [7, 11) is 3.38. The molecule has 0 atom stereocenters. The zero-order valence-electron chi connectivity index (χ0n) is 12.1. The van der Waals surface area contributed by atoms with E-state index >= 15 is 0 Å². The van der Waals surface area contributed by atoms with Gasteiger partial charge >= 0.3 is 0 Å². The Morgan fingerprint density at radius 2 is 1.95 bits per heavy atom. The van der Waals surface area contributed by atoms with Gasteiger partial charge in [0.15, 0.2) is 10.9 Å². The zero-order chi connectivity index (χ0) is 14.3. The maximum atomic E-state index is 11.5. The van der Waals surface area contributed by atoms with Crippen LogP contribution in [0.5, 0.6) is 0 Å². The minimum atomic E-state index is 0.0739. The molecule has 0 amide bonds. The highest BCUT2D eigenvalue weighted by Crippen LogP contribution is 2.26. The van der Waals surface area contributed by atoms with Gasteiger partial charge in [0, 0.05) is 40.8 Å². The van der Waals surface area contributed by atoms with E-state index in [1.165, 1.54) is 11.3 Å². The highest BCUT2D eigenvalue weighted by atomic mass is 32.1. The van der Waals surface area contributed by atoms with Gasteiger partial charge in [-0.3, -0.25) is 4.79 Å². The Bertz CT molecular complexity index is 407. The molecule has 0 unspecified atom stereocenters. The summed E-state index contributed by atoms with van der Waals surface area (Å²) in [6.45, 7) is 6.43. The fourth-order valence-corrected chi connectivity index (χ4v) is 2.76. The maximum Gasteiger partial charge on any atom is 0.186 e. The van der Waals surface area contributed by atoms with Crippen molar-refractivity contribution in [2.45, 2.75) is 20.3 Å². The number of carbonyl (C=O) groups excluding carboxylic acids is 1. The Labute approximate surface area is 118 Å². The third kappa shape index (κ3) is 4.89. The SMILES string of the molecule is COCCCN(CCOC)c1nc(C)c(C(C)=O)s1. The molecule has 0 aliphatic rings. The number of aromatic nitrogens is 1. The van der Waals surface area contributed by atoms with Crippen LogP contribution in [0.4, 0.5) is 5.13 Å². The van der Waals surface area contributed by atoms with Crippen LogP contribution in [-0.2, 0) is 9.47 Å². The van der Waals surface area contributed by atoms with Gasteiger partial charge in [-0.25, -0.2) is 4.98 Å². The van der Waals surface area contributed by atoms with Crippen molar-refractivity contribution in [1.29, 1.82) is 0 Å². The van der Waals surface area contributed by atoms with E-state index in [0.29, 0.717) is 13.2 Å². The second-order valence-corrected chi connectivity index (χ2v) is 5.27. The van der Waals surface area contributed by atoms with E-state index in [-0.39, 0.29) is 5.78 Å². The summed E-state index contributed by atoms with van der Waals surface area (Å²) in [6, 6.07) is 0. The van der Waals surface area contributed by atoms with Gasteiger partial charge < -0.3 is 14.4 Å². The molecule has 1 aromatic rings. The lowest BCUT2D eigenvalue weighted by Crippen LogP contribution is -2.28. The molecule has 0 bridgehead atoms. The Kier molecular flexibility index (Phi) is 6.97. The number of methoxy groups -OCH3 is 2. The molecule has 0 aliphatic heterocycles. The van der Waals surface area contributed by atoms with E-state index in [1.54, 1.807) is 21.1 Å². The zero-order valence-corrected chi connectivity index (χ0v) is 12.9. The van der Waals surface area contributed by atoms with Gasteiger partial charge in [0.25, 0.3) is 0 Å². The van der Waals surface area contributed by atoms with Gasteiger partial charge in [0.2, 0.25) is 0 Å². The van der Waals surface area contributed by atoms with Gasteiger partial charge in [-0.1, -0.05) is 11.3 Å². The number of hydrogen-bond donors (Lipinski definition) is 0. The molecule has 0 aromatic carbocycles. The largest absolute Gasteiger partial charge is 0.385 e. The van der Waals surface area contributed by atoms with E-state index < -0.39 is 0 Å². The number of hydrogen-bond acceptors (Lipinski definition) is 6. The van der Waals surface area contributed by atoms with Crippen molar-refractivity contribution in [2.75, 3.05) is 45.4 Å². The summed E-state index contributed by atoms with van der Waals surface area (Å²) in [4.78, 5) is 18.9. The van der Waals surface area contributed by atoms with Crippen LogP contribution in [0.25, 0.3) is 0 Å². The predicted molar refractivity (Wildman–Crippen MR) is 77.4 cm³/mol. The fraction of sp³-hybridized carbons (Fsp3) is 0.692. The summed E-state index contributed by atoms with van der Waals surface area (Å²) >= 11 is 1.45. The first-order valence-corrected chi connectivity index (χ1v) is 7.13. The van der Waals surface area contributed by atoms with Crippen LogP contribution in [-0.4, -0.2) is 51.3 Å². The van der Waals surface area contributed by atoms with Crippen LogP contribution in [0.1, 0.15) is 28.7 Å². The molecule has 5 nitrogen and oxygen atoms in total. The van der Waals surface area contributed by atoms with E-state index in [0.717, 1.165) is 35.2 Å². The summed E-state index contributed by atoms with van der Waals surface area (Å²) in [5.74, 6) is 0.0739. The quantitative estimate of drug-likeness (QED) is 0.514. The molecule has 1 aromatic heterocycles. The molecule has 0 saturated carbocycles. The number of carbonyl (C=O) groups is 1. The van der Waals surface area contributed by atoms with Crippen LogP contribution in [0.15, 0.2) is 0 Å². The molecular weight excluding hydrogens is 264 g/mol. The van der Waals surface area contributed by atoms with Gasteiger partial charge in [0.1, 0.15) is 0 Å². The number of Topliss-reactive ketones (excluding diaryl/α,β-unsaturated/α-hetero) is 1. The number of ether oxygens (including phenoxy) is 2. The van der Waals surface area contributed by atoms with Gasteiger partial charge in [-0.2, -0.15) is 0 Å². The van der Waals surface area contributed by atoms with Crippen molar-refractivity contribution >= 4 is 22.3 Å². The van der Waals surface area contributed by atoms with Crippen LogP contribution in [0.2, 0.25) is 0 Å². The van der Waals surface area contributed by atoms with Crippen LogP contribution in [0.3, 0.4) is 0 Å². The normalized spacial score (nSPS) is 10.7. The van der Waals surface area contributed by atoms with Crippen molar-refractivity contribution in [3.63, 3.8) is 0 Å². The monoisotopic (exact) mass is 286 g/mol. The first-order chi connectivity index (χ1) is 9.10. The molecular formula is C13H22N2O3S. The van der Waals surface area contributed by atoms with E-state index in [4.69, 9.17) is 9.47 Å². The first-order valence-electron chi connectivity index (χ1n) is 6.31. The van der Waals surface area contributed by atoms with Crippen molar-refractivity contribution in [1.82, 2.24) is 4.98 Å². The number of nitrogens with zero attached hydrogens (tertiary/aromatic N) is 2. The summed E-state index contributed by atoms with van der Waals surface area (Å²) in [5.41, 5.74) is 0.807. The number of thiazole rings is 1. The second-order valence-electron chi connectivity index (χ2n) is 4.29. The van der Waals surface area contributed by atoms with Crippen molar-refractivity contribution in [3.05, 3.63) is 10.6 Å². The van der Waals surface area contributed by atoms with Gasteiger partial charge in [-0.05, 0) is 13.3 Å². The summed E-state index contributed by atoms with van der Waals surface area (Å²) in [6.07, 6.45) is 0.925. The van der Waals surface area contributed by atoms with Crippen LogP contribution < -0.4 is 4.90 Å². The Balaban J connectivity index is 2.77. The Morgan fingerprint density at radius 1 is 1.26 bits per heavy atom. The molecule has 0 N–H and O–H groups in total. The number of ketones is 1. The van der Waals surface area contributed by atoms with E-state index in [2.05, 4.69) is 9.88 Å². The topological polar surface area (TPSA) is 51.7 Å². The average Bonchev–Trinajstić information content (AvgIpc) is 2.76. The van der Waals surface area contributed by atoms with Gasteiger partial charge in [-0.15, -0.1) is 0 Å². The molecule has 6 heteroatoms. The number of anilines is 1. The third-order valence-electron chi connectivity index (χ3n) is 2.72. The second kappa shape index (κ2) is 8.24. The maximum absolute atomic E-state index is 11.5. The lowest BCUT2D eigenvalue weighted by molar-refractivity contribution is 0.102. The summed E-state index contributed by atoms with van der Waals surface area (Å²) < 4.78 is 10.2. The van der Waals surface area contributed by atoms with Gasteiger partial charge in [0.05, 0.1) is 17.2 Å². The molecule has 0 radical (unpaired) electrons. The standard InChI is InChI=1S/C13H22N2O3S/c1-10-12(11(2)16)19-13(14-10)15(7-9-18-4)6-5-8-17-3/h5-9H2,1-4H3. The van der Waals surface area contributed by atoms with Crippen molar-refractivity contribution in [2.24, 2.45) is 0 Å². The minimum absolute atomic E-state index is 0.0739. The van der Waals surface area contributed by atoms with Crippen LogP contribution in [0, 0.1) is 6.92 Å². The Hall–Kier alpha value is -0.980. The molecule has 0 fully saturated rings. The van der Waals surface area contributed by atoms with E-state index in [9.17, 15) is 4.79 Å². The molecule has 19 heavy (non-hydrogen) atoms. The predicted octanol–water partition coefficient (Wildman–Crippen LogP) is 2.14. The Morgan fingerprint density at radius 3 is 2.47 bits per heavy atom. The molecule has 0 saturated heterocycles. The molecule has 0 spiro atoms. The fourth-order valence-electron chi connectivity index (χ4n) is 1.75.